The first-order valence-corrected chi connectivity index (χ1v) is 14.9. The lowest BCUT2D eigenvalue weighted by Crippen LogP contribution is -2.57. The number of nitrogens with two attached hydrogens (primary N) is 1. The summed E-state index contributed by atoms with van der Waals surface area (Å²) in [5.41, 5.74) is 7.13. The van der Waals surface area contributed by atoms with Gasteiger partial charge in [-0.3, -0.25) is 4.90 Å². The van der Waals surface area contributed by atoms with Crippen molar-refractivity contribution < 1.29 is 17.9 Å². The molecule has 10 nitrogen and oxygen atoms in total. The van der Waals surface area contributed by atoms with Gasteiger partial charge in [0, 0.05) is 42.2 Å². The minimum absolute atomic E-state index is 0.0499. The molecule has 3 saturated heterocycles. The van der Waals surface area contributed by atoms with E-state index in [4.69, 9.17) is 10.5 Å². The molecule has 3 atom stereocenters. The Balaban J connectivity index is 1.30. The molecule has 0 bridgehead atoms. The standard InChI is InChI=1S/C25H28F3N9OS2/c1-14(6-29)37(9-18(27)28)22-32-21(33-23(34-22)38-13-24-3-2-4-36(24)8-15(26)5-24)35-11-25(12-35)19-16(7-30)20(31)40-17(19)10-39-25/h14-15,18H,2-5,8-13,31H2,1H3/t14?,15?,24-/m0/s1. The van der Waals surface area contributed by atoms with Crippen LogP contribution in [-0.4, -0.2) is 83.4 Å². The Morgan fingerprint density at radius 2 is 2.08 bits per heavy atom. The number of nitrogen functional groups attached to an aromatic ring is 1. The first-order chi connectivity index (χ1) is 19.2. The molecule has 6 heterocycles. The molecule has 2 unspecified atom stereocenters. The van der Waals surface area contributed by atoms with Gasteiger partial charge in [-0.2, -0.15) is 25.5 Å². The van der Waals surface area contributed by atoms with Crippen LogP contribution in [0.25, 0.3) is 0 Å². The first kappa shape index (κ1) is 27.2. The van der Waals surface area contributed by atoms with Crippen molar-refractivity contribution in [1.82, 2.24) is 19.9 Å². The summed E-state index contributed by atoms with van der Waals surface area (Å²) in [4.78, 5) is 19.6. The van der Waals surface area contributed by atoms with Gasteiger partial charge in [0.05, 0.1) is 28.5 Å². The minimum atomic E-state index is -2.72. The van der Waals surface area contributed by atoms with Gasteiger partial charge in [-0.25, -0.2) is 13.2 Å². The average molecular weight is 592 g/mol. The Morgan fingerprint density at radius 3 is 2.80 bits per heavy atom. The van der Waals surface area contributed by atoms with Gasteiger partial charge in [-0.05, 0) is 26.3 Å². The molecule has 6 rings (SSSR count). The molecule has 2 aromatic rings. The van der Waals surface area contributed by atoms with Crippen LogP contribution >= 0.6 is 23.1 Å². The highest BCUT2D eigenvalue weighted by Gasteiger charge is 2.53. The summed E-state index contributed by atoms with van der Waals surface area (Å²) in [5.74, 6) is 0.913. The van der Waals surface area contributed by atoms with Gasteiger partial charge in [-0.1, -0.05) is 0 Å². The fourth-order valence-corrected chi connectivity index (χ4v) is 9.19. The number of nitriles is 2. The Kier molecular flexibility index (Phi) is 6.87. The van der Waals surface area contributed by atoms with Crippen molar-refractivity contribution in [3.05, 3.63) is 16.0 Å². The number of aromatic nitrogens is 3. The van der Waals surface area contributed by atoms with E-state index >= 15 is 0 Å². The molecular weight excluding hydrogens is 563 g/mol. The van der Waals surface area contributed by atoms with Gasteiger partial charge in [0.15, 0.2) is 0 Å². The van der Waals surface area contributed by atoms with E-state index in [2.05, 4.69) is 25.9 Å². The second kappa shape index (κ2) is 10.1. The quantitative estimate of drug-likeness (QED) is 0.485. The molecule has 0 aromatic carbocycles. The zero-order valence-electron chi connectivity index (χ0n) is 21.8. The maximum Gasteiger partial charge on any atom is 0.323 e. The van der Waals surface area contributed by atoms with Crippen LogP contribution in [0.4, 0.5) is 30.1 Å². The van der Waals surface area contributed by atoms with Crippen molar-refractivity contribution in [3.63, 3.8) is 0 Å². The second-order valence-corrected chi connectivity index (χ2v) is 13.3. The van der Waals surface area contributed by atoms with Crippen LogP contribution in [0.1, 0.15) is 42.2 Å². The monoisotopic (exact) mass is 591 g/mol. The van der Waals surface area contributed by atoms with E-state index < -0.39 is 30.7 Å². The summed E-state index contributed by atoms with van der Waals surface area (Å²) in [6.07, 6.45) is -1.55. The van der Waals surface area contributed by atoms with Gasteiger partial charge in [0.2, 0.25) is 11.9 Å². The smallest absolute Gasteiger partial charge is 0.323 e. The molecule has 0 radical (unpaired) electrons. The summed E-state index contributed by atoms with van der Waals surface area (Å²) >= 11 is 3.18. The molecule has 2 aromatic heterocycles. The van der Waals surface area contributed by atoms with E-state index in [1.807, 2.05) is 11.0 Å². The molecule has 15 heteroatoms. The van der Waals surface area contributed by atoms with Crippen molar-refractivity contribution in [2.24, 2.45) is 0 Å². The number of ether oxygens (including phenoxy) is 1. The number of anilines is 3. The van der Waals surface area contributed by atoms with E-state index in [1.54, 1.807) is 11.8 Å². The molecule has 0 saturated carbocycles. The molecule has 40 heavy (non-hydrogen) atoms. The van der Waals surface area contributed by atoms with Crippen LogP contribution in [0, 0.1) is 22.7 Å². The normalized spacial score (nSPS) is 25.4. The number of thioether (sulfide) groups is 1. The molecule has 212 valence electrons. The summed E-state index contributed by atoms with van der Waals surface area (Å²) in [6.45, 7) is 3.08. The SMILES string of the molecule is CC(C#N)N(CC(F)F)c1nc(OC[C@@]23CCCN2CC(F)C3)nc(N2CC3(C2)SCc2sc(N)c(C#N)c23)n1. The third-order valence-electron chi connectivity index (χ3n) is 8.30. The first-order valence-electron chi connectivity index (χ1n) is 13.1. The van der Waals surface area contributed by atoms with E-state index in [0.717, 1.165) is 40.5 Å². The molecule has 0 aliphatic carbocycles. The molecule has 4 aliphatic heterocycles. The predicted molar refractivity (Wildman–Crippen MR) is 145 cm³/mol. The predicted octanol–water partition coefficient (Wildman–Crippen LogP) is 3.29. The second-order valence-electron chi connectivity index (χ2n) is 10.8. The van der Waals surface area contributed by atoms with Crippen molar-refractivity contribution in [3.8, 4) is 18.1 Å². The number of nitrogens with zero attached hydrogens (tertiary/aromatic N) is 8. The highest BCUT2D eigenvalue weighted by molar-refractivity contribution is 8.00. The molecular formula is C25H28F3N9OS2. The van der Waals surface area contributed by atoms with Crippen LogP contribution in [-0.2, 0) is 10.5 Å². The topological polar surface area (TPSA) is 131 Å². The number of halogens is 3. The van der Waals surface area contributed by atoms with Gasteiger partial charge >= 0.3 is 6.01 Å². The molecule has 2 N–H and O–H groups in total. The summed E-state index contributed by atoms with van der Waals surface area (Å²) in [7, 11) is 0. The molecule has 1 spiro atoms. The third-order valence-corrected chi connectivity index (χ3v) is 10.9. The zero-order chi connectivity index (χ0) is 28.2. The van der Waals surface area contributed by atoms with Crippen molar-refractivity contribution in [2.75, 3.05) is 54.9 Å². The van der Waals surface area contributed by atoms with Crippen LogP contribution < -0.4 is 20.3 Å². The van der Waals surface area contributed by atoms with E-state index in [9.17, 15) is 23.7 Å². The van der Waals surface area contributed by atoms with Crippen molar-refractivity contribution in [1.29, 1.82) is 10.5 Å². The van der Waals surface area contributed by atoms with E-state index in [0.29, 0.717) is 36.6 Å². The Hall–Kier alpha value is -3.01. The Morgan fingerprint density at radius 1 is 1.27 bits per heavy atom. The number of thiophene rings is 1. The third kappa shape index (κ3) is 4.48. The van der Waals surface area contributed by atoms with Gasteiger partial charge < -0.3 is 20.3 Å². The highest BCUT2D eigenvalue weighted by Crippen LogP contribution is 2.57. The fourth-order valence-electron chi connectivity index (χ4n) is 6.38. The van der Waals surface area contributed by atoms with Gasteiger partial charge in [-0.15, -0.1) is 23.1 Å². The average Bonchev–Trinajstić information content (AvgIpc) is 3.62. The summed E-state index contributed by atoms with van der Waals surface area (Å²) in [6, 6.07) is 3.25. The van der Waals surface area contributed by atoms with Crippen LogP contribution in [0.2, 0.25) is 0 Å². The van der Waals surface area contributed by atoms with Gasteiger partial charge in [0.1, 0.15) is 29.9 Å². The molecule has 4 aliphatic rings. The number of rotatable bonds is 8. The van der Waals surface area contributed by atoms with E-state index in [-0.39, 0.29) is 29.3 Å². The Bertz CT molecular complexity index is 1390. The molecule has 3 fully saturated rings. The summed E-state index contributed by atoms with van der Waals surface area (Å²) in [5, 5.41) is 19.7. The number of hydrogen-bond donors (Lipinski definition) is 1. The number of fused-ring (bicyclic) bond motifs is 3. The van der Waals surface area contributed by atoms with E-state index in [1.165, 1.54) is 18.3 Å². The number of hydrogen-bond acceptors (Lipinski definition) is 12. The van der Waals surface area contributed by atoms with Crippen LogP contribution in [0.5, 0.6) is 6.01 Å². The maximum atomic E-state index is 14.3. The van der Waals surface area contributed by atoms with Crippen molar-refractivity contribution in [2.45, 2.75) is 60.9 Å². The maximum absolute atomic E-state index is 14.3. The lowest BCUT2D eigenvalue weighted by molar-refractivity contribution is 0.107. The zero-order valence-corrected chi connectivity index (χ0v) is 23.4. The Labute approximate surface area is 237 Å². The highest BCUT2D eigenvalue weighted by atomic mass is 32.2. The lowest BCUT2D eigenvalue weighted by Gasteiger charge is -2.47. The fraction of sp³-hybridized carbons (Fsp3) is 0.640. The largest absolute Gasteiger partial charge is 0.461 e. The number of alkyl halides is 3. The minimum Gasteiger partial charge on any atom is -0.461 e. The van der Waals surface area contributed by atoms with Crippen molar-refractivity contribution >= 4 is 40.0 Å². The molecule has 0 amide bonds. The summed E-state index contributed by atoms with van der Waals surface area (Å²) < 4.78 is 47.0. The van der Waals surface area contributed by atoms with Crippen LogP contribution in [0.3, 0.4) is 0 Å². The van der Waals surface area contributed by atoms with Gasteiger partial charge in [0.25, 0.3) is 6.43 Å². The van der Waals surface area contributed by atoms with Crippen LogP contribution in [0.15, 0.2) is 0 Å². The lowest BCUT2D eigenvalue weighted by atomic mass is 9.88.